The van der Waals surface area contributed by atoms with Crippen molar-refractivity contribution >= 4 is 28.2 Å². The first-order valence-electron chi connectivity index (χ1n) is 8.17. The first kappa shape index (κ1) is 17.1. The van der Waals surface area contributed by atoms with Crippen LogP contribution in [0.2, 0.25) is 5.02 Å². The van der Waals surface area contributed by atoms with Crippen LogP contribution in [0.3, 0.4) is 0 Å². The van der Waals surface area contributed by atoms with Crippen LogP contribution < -0.4 is 10.5 Å². The fourth-order valence-corrected chi connectivity index (χ4v) is 3.26. The molecule has 0 unspecified atom stereocenters. The summed E-state index contributed by atoms with van der Waals surface area (Å²) in [7, 11) is 3.94. The number of aromatic hydroxyl groups is 1. The number of hydrogen-bond acceptors (Lipinski definition) is 5. The largest absolute Gasteiger partial charge is 0.505 e. The fourth-order valence-electron chi connectivity index (χ4n) is 2.99. The lowest BCUT2D eigenvalue weighted by molar-refractivity contribution is 0.475. The molecule has 8 heteroatoms. The summed E-state index contributed by atoms with van der Waals surface area (Å²) in [6.45, 7) is 0. The third kappa shape index (κ3) is 2.92. The van der Waals surface area contributed by atoms with Crippen molar-refractivity contribution in [1.82, 2.24) is 19.7 Å². The highest BCUT2D eigenvalue weighted by atomic mass is 35.5. The number of halogens is 1. The fraction of sp³-hybridized carbons (Fsp3) is 0.105. The summed E-state index contributed by atoms with van der Waals surface area (Å²) in [5.74, 6) is -0.179. The van der Waals surface area contributed by atoms with Crippen molar-refractivity contribution in [2.75, 3.05) is 19.0 Å². The minimum atomic E-state index is -0.482. The van der Waals surface area contributed by atoms with Crippen molar-refractivity contribution in [1.29, 1.82) is 0 Å². The summed E-state index contributed by atoms with van der Waals surface area (Å²) in [6, 6.07) is 11.3. The highest BCUT2D eigenvalue weighted by molar-refractivity contribution is 6.34. The Kier molecular flexibility index (Phi) is 4.08. The Labute approximate surface area is 159 Å². The molecule has 0 aliphatic rings. The maximum absolute atomic E-state index is 12.4. The van der Waals surface area contributed by atoms with Crippen molar-refractivity contribution < 1.29 is 5.11 Å². The second-order valence-corrected chi connectivity index (χ2v) is 6.72. The number of nitrogens with one attached hydrogen (secondary N) is 1. The van der Waals surface area contributed by atoms with Crippen LogP contribution >= 0.6 is 11.6 Å². The number of aromatic amines is 1. The van der Waals surface area contributed by atoms with Gasteiger partial charge in [0.2, 0.25) is 0 Å². The molecule has 4 aromatic rings. The van der Waals surface area contributed by atoms with Gasteiger partial charge in [-0.25, -0.2) is 9.67 Å². The van der Waals surface area contributed by atoms with E-state index in [0.29, 0.717) is 15.9 Å². The SMILES string of the molecule is CN(C)c1ccc(-c2cc3c(O)c(-n4cncn4)c(=O)[nH]c3cc2Cl)cc1. The predicted molar refractivity (Wildman–Crippen MR) is 106 cm³/mol. The standard InChI is InChI=1S/C19H16ClN5O2/c1-24(2)12-5-3-11(4-6-12)13-7-14-16(8-15(13)20)23-19(27)17(18(14)26)25-10-21-9-22-25/h3-10H,1-2H3,(H2,23,26,27). The second-order valence-electron chi connectivity index (χ2n) is 6.31. The van der Waals surface area contributed by atoms with Crippen LogP contribution in [0.5, 0.6) is 5.75 Å². The quantitative estimate of drug-likeness (QED) is 0.569. The summed E-state index contributed by atoms with van der Waals surface area (Å²) in [4.78, 5) is 20.9. The minimum Gasteiger partial charge on any atom is -0.505 e. The first-order chi connectivity index (χ1) is 13.0. The van der Waals surface area contributed by atoms with Crippen LogP contribution in [0.1, 0.15) is 0 Å². The lowest BCUT2D eigenvalue weighted by atomic mass is 10.0. The highest BCUT2D eigenvalue weighted by Crippen LogP contribution is 2.36. The monoisotopic (exact) mass is 381 g/mol. The number of hydrogen-bond donors (Lipinski definition) is 2. The first-order valence-corrected chi connectivity index (χ1v) is 8.55. The zero-order valence-electron chi connectivity index (χ0n) is 14.6. The summed E-state index contributed by atoms with van der Waals surface area (Å²) in [5, 5.41) is 15.6. The van der Waals surface area contributed by atoms with Crippen molar-refractivity contribution in [3.05, 3.63) is 64.4 Å². The number of rotatable bonds is 3. The van der Waals surface area contributed by atoms with Gasteiger partial charge in [0.05, 0.1) is 10.5 Å². The van der Waals surface area contributed by atoms with Crippen LogP contribution in [0.15, 0.2) is 53.8 Å². The van der Waals surface area contributed by atoms with E-state index in [0.717, 1.165) is 16.8 Å². The van der Waals surface area contributed by atoms with Gasteiger partial charge in [0.1, 0.15) is 12.7 Å². The lowest BCUT2D eigenvalue weighted by Gasteiger charge is -2.14. The van der Waals surface area contributed by atoms with E-state index in [9.17, 15) is 9.90 Å². The van der Waals surface area contributed by atoms with Gasteiger partial charge in [0, 0.05) is 30.7 Å². The molecule has 0 amide bonds. The van der Waals surface area contributed by atoms with Gasteiger partial charge in [-0.3, -0.25) is 4.79 Å². The molecule has 0 saturated heterocycles. The van der Waals surface area contributed by atoms with E-state index in [-0.39, 0.29) is 11.4 Å². The van der Waals surface area contributed by atoms with Crippen LogP contribution in [-0.2, 0) is 0 Å². The number of nitrogens with zero attached hydrogens (tertiary/aromatic N) is 4. The Morgan fingerprint density at radius 3 is 2.56 bits per heavy atom. The smallest absolute Gasteiger partial charge is 0.278 e. The van der Waals surface area contributed by atoms with E-state index in [1.165, 1.54) is 17.3 Å². The molecule has 0 spiro atoms. The number of aromatic nitrogens is 4. The van der Waals surface area contributed by atoms with Gasteiger partial charge in [-0.2, -0.15) is 5.10 Å². The van der Waals surface area contributed by atoms with Crippen molar-refractivity contribution in [2.45, 2.75) is 0 Å². The molecule has 0 radical (unpaired) electrons. The number of fused-ring (bicyclic) bond motifs is 1. The number of benzene rings is 2. The summed E-state index contributed by atoms with van der Waals surface area (Å²) in [6.07, 6.45) is 2.65. The average Bonchev–Trinajstić information content (AvgIpc) is 3.15. The molecule has 2 aromatic carbocycles. The van der Waals surface area contributed by atoms with E-state index in [2.05, 4.69) is 15.1 Å². The zero-order valence-corrected chi connectivity index (χ0v) is 15.4. The molecular weight excluding hydrogens is 366 g/mol. The molecule has 2 aromatic heterocycles. The molecule has 136 valence electrons. The summed E-state index contributed by atoms with van der Waals surface area (Å²) < 4.78 is 1.23. The van der Waals surface area contributed by atoms with Gasteiger partial charge < -0.3 is 15.0 Å². The Morgan fingerprint density at radius 2 is 1.93 bits per heavy atom. The van der Waals surface area contributed by atoms with Gasteiger partial charge in [0.25, 0.3) is 5.56 Å². The molecule has 0 fully saturated rings. The van der Waals surface area contributed by atoms with E-state index >= 15 is 0 Å². The van der Waals surface area contributed by atoms with Crippen molar-refractivity contribution in [3.63, 3.8) is 0 Å². The van der Waals surface area contributed by atoms with E-state index < -0.39 is 5.56 Å². The molecule has 7 nitrogen and oxygen atoms in total. The third-order valence-corrected chi connectivity index (χ3v) is 4.71. The zero-order chi connectivity index (χ0) is 19.1. The van der Waals surface area contributed by atoms with E-state index in [1.54, 1.807) is 12.1 Å². The molecule has 4 rings (SSSR count). The van der Waals surface area contributed by atoms with Gasteiger partial charge in [0.15, 0.2) is 11.4 Å². The second kappa shape index (κ2) is 6.44. The molecule has 0 atom stereocenters. The summed E-state index contributed by atoms with van der Waals surface area (Å²) >= 11 is 6.44. The third-order valence-electron chi connectivity index (χ3n) is 4.39. The molecular formula is C19H16ClN5O2. The maximum Gasteiger partial charge on any atom is 0.278 e. The molecule has 27 heavy (non-hydrogen) atoms. The Bertz CT molecular complexity index is 1180. The van der Waals surface area contributed by atoms with Crippen LogP contribution in [0.4, 0.5) is 5.69 Å². The Hall–Kier alpha value is -3.32. The minimum absolute atomic E-state index is 0.0104. The number of anilines is 1. The summed E-state index contributed by atoms with van der Waals surface area (Å²) in [5.41, 5.74) is 2.69. The molecule has 2 heterocycles. The molecule has 0 saturated carbocycles. The van der Waals surface area contributed by atoms with Gasteiger partial charge in [-0.15, -0.1) is 0 Å². The van der Waals surface area contributed by atoms with Gasteiger partial charge in [-0.1, -0.05) is 23.7 Å². The average molecular weight is 382 g/mol. The maximum atomic E-state index is 12.4. The number of H-pyrrole nitrogens is 1. The van der Waals surface area contributed by atoms with Gasteiger partial charge >= 0.3 is 0 Å². The lowest BCUT2D eigenvalue weighted by Crippen LogP contribution is -2.15. The predicted octanol–water partition coefficient (Wildman–Crippen LogP) is 3.20. The van der Waals surface area contributed by atoms with Crippen molar-refractivity contribution in [2.24, 2.45) is 0 Å². The van der Waals surface area contributed by atoms with E-state index in [1.807, 2.05) is 43.3 Å². The van der Waals surface area contributed by atoms with Gasteiger partial charge in [-0.05, 0) is 29.8 Å². The Balaban J connectivity index is 1.93. The molecule has 0 aliphatic heterocycles. The topological polar surface area (TPSA) is 87.0 Å². The van der Waals surface area contributed by atoms with Crippen molar-refractivity contribution in [3.8, 4) is 22.6 Å². The Morgan fingerprint density at radius 1 is 1.19 bits per heavy atom. The molecule has 0 bridgehead atoms. The molecule has 2 N–H and O–H groups in total. The number of pyridine rings is 1. The molecule has 0 aliphatic carbocycles. The van der Waals surface area contributed by atoms with Crippen LogP contribution in [0.25, 0.3) is 27.7 Å². The normalized spacial score (nSPS) is 11.1. The highest BCUT2D eigenvalue weighted by Gasteiger charge is 2.17. The van der Waals surface area contributed by atoms with Crippen LogP contribution in [-0.4, -0.2) is 39.0 Å². The van der Waals surface area contributed by atoms with Crippen LogP contribution in [0, 0.1) is 0 Å². The van der Waals surface area contributed by atoms with E-state index in [4.69, 9.17) is 11.6 Å².